The molecule has 0 amide bonds. The number of rotatable bonds is 3. The molecule has 1 aromatic heterocycles. The fraction of sp³-hybridized carbons (Fsp3) is 0.0833. The Balaban J connectivity index is 2.60. The van der Waals surface area contributed by atoms with Crippen LogP contribution in [0.4, 0.5) is 8.78 Å². The molecule has 0 fully saturated rings. The first-order valence-corrected chi connectivity index (χ1v) is 5.13. The Morgan fingerprint density at radius 1 is 1.26 bits per heavy atom. The van der Waals surface area contributed by atoms with Crippen molar-refractivity contribution in [2.24, 2.45) is 0 Å². The number of benzene rings is 1. The van der Waals surface area contributed by atoms with Crippen LogP contribution in [0, 0.1) is 11.6 Å². The van der Waals surface area contributed by atoms with Gasteiger partial charge >= 0.3 is 5.97 Å². The van der Waals surface area contributed by atoms with E-state index in [2.05, 4.69) is 9.97 Å². The van der Waals surface area contributed by atoms with Crippen LogP contribution in [-0.4, -0.2) is 28.2 Å². The van der Waals surface area contributed by atoms with Crippen molar-refractivity contribution in [3.05, 3.63) is 41.6 Å². The molecule has 2 aromatic rings. The van der Waals surface area contributed by atoms with Gasteiger partial charge in [0.1, 0.15) is 11.6 Å². The Hall–Kier alpha value is -2.57. The molecule has 1 aromatic carbocycles. The van der Waals surface area contributed by atoms with Crippen LogP contribution in [0.5, 0.6) is 5.88 Å². The highest BCUT2D eigenvalue weighted by molar-refractivity contribution is 5.86. The van der Waals surface area contributed by atoms with Gasteiger partial charge in [-0.25, -0.2) is 18.6 Å². The van der Waals surface area contributed by atoms with Crippen molar-refractivity contribution in [3.63, 3.8) is 0 Å². The molecular weight excluding hydrogens is 258 g/mol. The van der Waals surface area contributed by atoms with Crippen LogP contribution in [0.25, 0.3) is 11.4 Å². The van der Waals surface area contributed by atoms with Crippen LogP contribution in [0.3, 0.4) is 0 Å². The standard InChI is InChI=1S/C12H8F2N2O3/c1-19-10-5-9(12(17)18)15-11(16-10)7-3-2-6(13)4-8(7)14/h2-5H,1H3,(H,17,18). The molecule has 0 radical (unpaired) electrons. The van der Waals surface area contributed by atoms with Gasteiger partial charge in [0.25, 0.3) is 0 Å². The molecule has 0 saturated heterocycles. The summed E-state index contributed by atoms with van der Waals surface area (Å²) in [4.78, 5) is 18.4. The lowest BCUT2D eigenvalue weighted by atomic mass is 10.2. The minimum absolute atomic E-state index is 0.0221. The molecule has 0 bridgehead atoms. The molecule has 98 valence electrons. The van der Waals surface area contributed by atoms with Gasteiger partial charge in [-0.05, 0) is 12.1 Å². The highest BCUT2D eigenvalue weighted by atomic mass is 19.1. The third-order valence-corrected chi connectivity index (χ3v) is 2.30. The number of methoxy groups -OCH3 is 1. The Labute approximate surface area is 106 Å². The fourth-order valence-corrected chi connectivity index (χ4v) is 1.43. The minimum Gasteiger partial charge on any atom is -0.481 e. The first kappa shape index (κ1) is 12.9. The predicted octanol–water partition coefficient (Wildman–Crippen LogP) is 2.13. The maximum Gasteiger partial charge on any atom is 0.354 e. The van der Waals surface area contributed by atoms with Gasteiger partial charge in [-0.2, -0.15) is 4.98 Å². The van der Waals surface area contributed by atoms with Gasteiger partial charge in [-0.15, -0.1) is 0 Å². The Morgan fingerprint density at radius 2 is 2.00 bits per heavy atom. The van der Waals surface area contributed by atoms with E-state index in [-0.39, 0.29) is 23.0 Å². The van der Waals surface area contributed by atoms with Crippen molar-refractivity contribution in [1.82, 2.24) is 9.97 Å². The Morgan fingerprint density at radius 3 is 2.58 bits per heavy atom. The van der Waals surface area contributed by atoms with E-state index in [4.69, 9.17) is 9.84 Å². The van der Waals surface area contributed by atoms with Crippen LogP contribution in [0.1, 0.15) is 10.5 Å². The van der Waals surface area contributed by atoms with Gasteiger partial charge in [0, 0.05) is 12.1 Å². The number of halogens is 2. The molecule has 0 spiro atoms. The molecule has 5 nitrogen and oxygen atoms in total. The van der Waals surface area contributed by atoms with Gasteiger partial charge in [0.05, 0.1) is 12.7 Å². The van der Waals surface area contributed by atoms with E-state index in [1.54, 1.807) is 0 Å². The monoisotopic (exact) mass is 266 g/mol. The van der Waals surface area contributed by atoms with Gasteiger partial charge in [-0.3, -0.25) is 0 Å². The first-order valence-electron chi connectivity index (χ1n) is 5.13. The summed E-state index contributed by atoms with van der Waals surface area (Å²) in [5.74, 6) is -3.14. The maximum absolute atomic E-state index is 13.6. The number of aromatic carboxylic acids is 1. The highest BCUT2D eigenvalue weighted by Crippen LogP contribution is 2.22. The van der Waals surface area contributed by atoms with E-state index in [0.717, 1.165) is 18.2 Å². The lowest BCUT2D eigenvalue weighted by Gasteiger charge is -2.06. The smallest absolute Gasteiger partial charge is 0.354 e. The topological polar surface area (TPSA) is 72.3 Å². The summed E-state index contributed by atoms with van der Waals surface area (Å²) < 4.78 is 31.2. The zero-order valence-corrected chi connectivity index (χ0v) is 9.72. The van der Waals surface area contributed by atoms with Crippen LogP contribution in [-0.2, 0) is 0 Å². The summed E-state index contributed by atoms with van der Waals surface area (Å²) in [7, 11) is 1.29. The lowest BCUT2D eigenvalue weighted by molar-refractivity contribution is 0.0690. The Kier molecular flexibility index (Phi) is 3.37. The summed E-state index contributed by atoms with van der Waals surface area (Å²) >= 11 is 0. The SMILES string of the molecule is COc1cc(C(=O)O)nc(-c2ccc(F)cc2F)n1. The van der Waals surface area contributed by atoms with E-state index in [1.807, 2.05) is 0 Å². The molecule has 1 N–H and O–H groups in total. The molecule has 0 aliphatic heterocycles. The molecule has 1 heterocycles. The van der Waals surface area contributed by atoms with E-state index in [9.17, 15) is 13.6 Å². The van der Waals surface area contributed by atoms with Crippen molar-refractivity contribution in [3.8, 4) is 17.3 Å². The van der Waals surface area contributed by atoms with Crippen molar-refractivity contribution >= 4 is 5.97 Å². The average Bonchev–Trinajstić information content (AvgIpc) is 2.38. The van der Waals surface area contributed by atoms with Gasteiger partial charge < -0.3 is 9.84 Å². The number of carboxylic acids is 1. The largest absolute Gasteiger partial charge is 0.481 e. The molecule has 2 rings (SSSR count). The summed E-state index contributed by atoms with van der Waals surface area (Å²) in [5, 5.41) is 8.89. The fourth-order valence-electron chi connectivity index (χ4n) is 1.43. The predicted molar refractivity (Wildman–Crippen MR) is 60.9 cm³/mol. The number of carboxylic acid groups (broad SMARTS) is 1. The molecule has 7 heteroatoms. The van der Waals surface area contributed by atoms with Crippen molar-refractivity contribution in [1.29, 1.82) is 0 Å². The quantitative estimate of drug-likeness (QED) is 0.921. The number of ether oxygens (including phenoxy) is 1. The van der Waals surface area contributed by atoms with E-state index < -0.39 is 17.6 Å². The maximum atomic E-state index is 13.6. The van der Waals surface area contributed by atoms with E-state index in [0.29, 0.717) is 6.07 Å². The van der Waals surface area contributed by atoms with Crippen molar-refractivity contribution in [2.45, 2.75) is 0 Å². The molecule has 0 atom stereocenters. The second-order valence-electron chi connectivity index (χ2n) is 3.55. The number of nitrogens with zero attached hydrogens (tertiary/aromatic N) is 2. The first-order chi connectivity index (χ1) is 9.01. The number of carbonyl (C=O) groups is 1. The normalized spacial score (nSPS) is 10.3. The molecule has 0 aliphatic rings. The van der Waals surface area contributed by atoms with E-state index in [1.165, 1.54) is 7.11 Å². The zero-order chi connectivity index (χ0) is 14.0. The van der Waals surface area contributed by atoms with Gasteiger partial charge in [0.2, 0.25) is 5.88 Å². The summed E-state index contributed by atoms with van der Waals surface area (Å²) in [5.41, 5.74) is -0.451. The van der Waals surface area contributed by atoms with Crippen molar-refractivity contribution < 1.29 is 23.4 Å². The molecule has 19 heavy (non-hydrogen) atoms. The highest BCUT2D eigenvalue weighted by Gasteiger charge is 2.15. The molecule has 0 unspecified atom stereocenters. The zero-order valence-electron chi connectivity index (χ0n) is 9.72. The lowest BCUT2D eigenvalue weighted by Crippen LogP contribution is -2.05. The molecule has 0 aliphatic carbocycles. The molecular formula is C12H8F2N2O3. The average molecular weight is 266 g/mol. The second-order valence-corrected chi connectivity index (χ2v) is 3.55. The third-order valence-electron chi connectivity index (χ3n) is 2.30. The number of hydrogen-bond acceptors (Lipinski definition) is 4. The van der Waals surface area contributed by atoms with E-state index >= 15 is 0 Å². The van der Waals surface area contributed by atoms with Crippen LogP contribution < -0.4 is 4.74 Å². The molecule has 0 saturated carbocycles. The Bertz CT molecular complexity index is 647. The summed E-state index contributed by atoms with van der Waals surface area (Å²) in [6.07, 6.45) is 0. The van der Waals surface area contributed by atoms with Crippen molar-refractivity contribution in [2.75, 3.05) is 7.11 Å². The van der Waals surface area contributed by atoms with Crippen LogP contribution in [0.15, 0.2) is 24.3 Å². The van der Waals surface area contributed by atoms with Crippen LogP contribution >= 0.6 is 0 Å². The van der Waals surface area contributed by atoms with Crippen LogP contribution in [0.2, 0.25) is 0 Å². The number of aromatic nitrogens is 2. The van der Waals surface area contributed by atoms with Gasteiger partial charge in [-0.1, -0.05) is 0 Å². The number of hydrogen-bond donors (Lipinski definition) is 1. The third kappa shape index (κ3) is 2.65. The van der Waals surface area contributed by atoms with Gasteiger partial charge in [0.15, 0.2) is 11.5 Å². The summed E-state index contributed by atoms with van der Waals surface area (Å²) in [6, 6.07) is 3.93. The second kappa shape index (κ2) is 4.97. The summed E-state index contributed by atoms with van der Waals surface area (Å²) in [6.45, 7) is 0. The minimum atomic E-state index is -1.30.